The first-order valence-corrected chi connectivity index (χ1v) is 9.71. The van der Waals surface area contributed by atoms with E-state index in [1.54, 1.807) is 9.58 Å². The molecule has 0 fully saturated rings. The van der Waals surface area contributed by atoms with Crippen LogP contribution in [0.15, 0.2) is 47.6 Å². The minimum atomic E-state index is 0.0402. The molecule has 140 valence electrons. The second-order valence-corrected chi connectivity index (χ2v) is 7.62. The molecule has 6 nitrogen and oxygen atoms in total. The van der Waals surface area contributed by atoms with E-state index >= 15 is 0 Å². The number of carbonyl (C=O) groups is 1. The molecule has 3 rings (SSSR count). The SMILES string of the molecule is Cc1ccc(-n2nnnc2SCC(=O)N(C)Cc2ccc(C)cc2C)cc1. The van der Waals surface area contributed by atoms with E-state index in [-0.39, 0.29) is 11.7 Å². The predicted molar refractivity (Wildman–Crippen MR) is 107 cm³/mol. The molecule has 0 saturated carbocycles. The van der Waals surface area contributed by atoms with Crippen LogP contribution in [0.25, 0.3) is 5.69 Å². The van der Waals surface area contributed by atoms with Crippen molar-refractivity contribution in [2.45, 2.75) is 32.5 Å². The van der Waals surface area contributed by atoms with E-state index in [2.05, 4.69) is 47.6 Å². The van der Waals surface area contributed by atoms with E-state index in [1.165, 1.54) is 28.5 Å². The zero-order chi connectivity index (χ0) is 19.4. The average Bonchev–Trinajstić information content (AvgIpc) is 3.11. The quantitative estimate of drug-likeness (QED) is 0.613. The van der Waals surface area contributed by atoms with Crippen LogP contribution in [0.4, 0.5) is 0 Å². The first-order chi connectivity index (χ1) is 12.9. The molecule has 0 aliphatic rings. The average molecular weight is 382 g/mol. The molecule has 0 aliphatic carbocycles. The van der Waals surface area contributed by atoms with Gasteiger partial charge in [-0.25, -0.2) is 0 Å². The fraction of sp³-hybridized carbons (Fsp3) is 0.300. The van der Waals surface area contributed by atoms with Crippen molar-refractivity contribution in [1.82, 2.24) is 25.1 Å². The van der Waals surface area contributed by atoms with E-state index < -0.39 is 0 Å². The standard InChI is InChI=1S/C20H23N5OS/c1-14-6-9-18(10-7-14)25-20(21-22-23-25)27-13-19(26)24(4)12-17-8-5-15(2)11-16(17)3/h5-11H,12-13H2,1-4H3. The molecule has 0 spiro atoms. The van der Waals surface area contributed by atoms with E-state index in [9.17, 15) is 4.79 Å². The molecular formula is C20H23N5OS. The lowest BCUT2D eigenvalue weighted by molar-refractivity contribution is -0.127. The monoisotopic (exact) mass is 381 g/mol. The van der Waals surface area contributed by atoms with Gasteiger partial charge in [-0.2, -0.15) is 4.68 Å². The number of aromatic nitrogens is 4. The molecule has 0 N–H and O–H groups in total. The molecule has 7 heteroatoms. The molecule has 3 aromatic rings. The molecule has 0 saturated heterocycles. The van der Waals surface area contributed by atoms with Crippen LogP contribution in [-0.4, -0.2) is 43.8 Å². The zero-order valence-corrected chi connectivity index (χ0v) is 16.8. The van der Waals surface area contributed by atoms with Gasteiger partial charge in [0.25, 0.3) is 0 Å². The summed E-state index contributed by atoms with van der Waals surface area (Å²) in [5, 5.41) is 12.4. The van der Waals surface area contributed by atoms with Crippen LogP contribution in [0, 0.1) is 20.8 Å². The molecule has 0 atom stereocenters. The van der Waals surface area contributed by atoms with Gasteiger partial charge in [0.15, 0.2) is 0 Å². The van der Waals surface area contributed by atoms with Crippen LogP contribution in [0.5, 0.6) is 0 Å². The van der Waals surface area contributed by atoms with Gasteiger partial charge >= 0.3 is 0 Å². The van der Waals surface area contributed by atoms with Crippen molar-refractivity contribution in [3.63, 3.8) is 0 Å². The Morgan fingerprint density at radius 1 is 1.07 bits per heavy atom. The fourth-order valence-corrected chi connectivity index (χ4v) is 3.55. The number of aryl methyl sites for hydroxylation is 3. The van der Waals surface area contributed by atoms with Crippen LogP contribution in [0.3, 0.4) is 0 Å². The summed E-state index contributed by atoms with van der Waals surface area (Å²) in [6, 6.07) is 14.2. The summed E-state index contributed by atoms with van der Waals surface area (Å²) >= 11 is 1.34. The number of rotatable bonds is 6. The summed E-state index contributed by atoms with van der Waals surface area (Å²) in [5.74, 6) is 0.326. The lowest BCUT2D eigenvalue weighted by Crippen LogP contribution is -2.28. The third-order valence-electron chi connectivity index (χ3n) is 4.38. The number of hydrogen-bond acceptors (Lipinski definition) is 5. The van der Waals surface area contributed by atoms with E-state index in [1.807, 2.05) is 38.2 Å². The van der Waals surface area contributed by atoms with Gasteiger partial charge < -0.3 is 4.90 Å². The summed E-state index contributed by atoms with van der Waals surface area (Å²) in [5.41, 5.74) is 5.63. The van der Waals surface area contributed by atoms with Crippen molar-refractivity contribution in [1.29, 1.82) is 0 Å². The molecule has 0 unspecified atom stereocenters. The van der Waals surface area contributed by atoms with Crippen molar-refractivity contribution in [3.05, 3.63) is 64.7 Å². The normalized spacial score (nSPS) is 10.8. The topological polar surface area (TPSA) is 63.9 Å². The van der Waals surface area contributed by atoms with Crippen LogP contribution >= 0.6 is 11.8 Å². The predicted octanol–water partition coefficient (Wildman–Crippen LogP) is 3.34. The highest BCUT2D eigenvalue weighted by atomic mass is 32.2. The van der Waals surface area contributed by atoms with Gasteiger partial charge in [0.05, 0.1) is 11.4 Å². The van der Waals surface area contributed by atoms with Gasteiger partial charge in [0.2, 0.25) is 11.1 Å². The highest BCUT2D eigenvalue weighted by Crippen LogP contribution is 2.19. The summed E-state index contributed by atoms with van der Waals surface area (Å²) in [7, 11) is 1.82. The smallest absolute Gasteiger partial charge is 0.233 e. The summed E-state index contributed by atoms with van der Waals surface area (Å²) in [6.45, 7) is 6.77. The Bertz CT molecular complexity index is 936. The minimum absolute atomic E-state index is 0.0402. The van der Waals surface area contributed by atoms with Gasteiger partial charge in [-0.3, -0.25) is 4.79 Å². The van der Waals surface area contributed by atoms with Gasteiger partial charge in [-0.1, -0.05) is 53.2 Å². The Hall–Kier alpha value is -2.67. The number of amides is 1. The second kappa shape index (κ2) is 8.35. The Balaban J connectivity index is 1.62. The van der Waals surface area contributed by atoms with E-state index in [4.69, 9.17) is 0 Å². The van der Waals surface area contributed by atoms with Crippen molar-refractivity contribution in [2.75, 3.05) is 12.8 Å². The third-order valence-corrected chi connectivity index (χ3v) is 5.28. The summed E-state index contributed by atoms with van der Waals surface area (Å²) < 4.78 is 1.65. The number of hydrogen-bond donors (Lipinski definition) is 0. The molecule has 1 aromatic heterocycles. The van der Waals surface area contributed by atoms with Gasteiger partial charge in [0.1, 0.15) is 0 Å². The Morgan fingerprint density at radius 2 is 1.78 bits per heavy atom. The molecule has 0 bridgehead atoms. The van der Waals surface area contributed by atoms with Crippen molar-refractivity contribution in [2.24, 2.45) is 0 Å². The molecular weight excluding hydrogens is 358 g/mol. The number of nitrogens with zero attached hydrogens (tertiary/aromatic N) is 5. The van der Waals surface area contributed by atoms with Crippen LogP contribution in [-0.2, 0) is 11.3 Å². The molecule has 27 heavy (non-hydrogen) atoms. The lowest BCUT2D eigenvalue weighted by Gasteiger charge is -2.18. The minimum Gasteiger partial charge on any atom is -0.341 e. The number of benzene rings is 2. The second-order valence-electron chi connectivity index (χ2n) is 6.68. The number of tetrazole rings is 1. The first-order valence-electron chi connectivity index (χ1n) is 8.72. The fourth-order valence-electron chi connectivity index (χ4n) is 2.72. The highest BCUT2D eigenvalue weighted by Gasteiger charge is 2.15. The Kier molecular flexibility index (Phi) is 5.91. The van der Waals surface area contributed by atoms with Crippen molar-refractivity contribution < 1.29 is 4.79 Å². The largest absolute Gasteiger partial charge is 0.341 e. The maximum absolute atomic E-state index is 12.5. The molecule has 0 aliphatic heterocycles. The summed E-state index contributed by atoms with van der Waals surface area (Å²) in [6.07, 6.45) is 0. The van der Waals surface area contributed by atoms with Gasteiger partial charge in [0, 0.05) is 13.6 Å². The van der Waals surface area contributed by atoms with Crippen molar-refractivity contribution in [3.8, 4) is 5.69 Å². The molecule has 1 amide bonds. The van der Waals surface area contributed by atoms with Crippen LogP contribution < -0.4 is 0 Å². The molecule has 1 heterocycles. The van der Waals surface area contributed by atoms with Gasteiger partial charge in [-0.05, 0) is 54.5 Å². The highest BCUT2D eigenvalue weighted by molar-refractivity contribution is 7.99. The van der Waals surface area contributed by atoms with Crippen LogP contribution in [0.1, 0.15) is 22.3 Å². The third kappa shape index (κ3) is 4.74. The lowest BCUT2D eigenvalue weighted by atomic mass is 10.1. The number of carbonyl (C=O) groups excluding carboxylic acids is 1. The summed E-state index contributed by atoms with van der Waals surface area (Å²) in [4.78, 5) is 14.3. The molecule has 0 radical (unpaired) electrons. The maximum atomic E-state index is 12.5. The Morgan fingerprint density at radius 3 is 2.48 bits per heavy atom. The van der Waals surface area contributed by atoms with Crippen molar-refractivity contribution >= 4 is 17.7 Å². The maximum Gasteiger partial charge on any atom is 0.233 e. The van der Waals surface area contributed by atoms with E-state index in [0.717, 1.165) is 11.3 Å². The van der Waals surface area contributed by atoms with Gasteiger partial charge in [-0.15, -0.1) is 5.10 Å². The Labute approximate surface area is 163 Å². The van der Waals surface area contributed by atoms with E-state index in [0.29, 0.717) is 11.7 Å². The first kappa shape index (κ1) is 19.1. The number of thioether (sulfide) groups is 1. The molecule has 2 aromatic carbocycles. The zero-order valence-electron chi connectivity index (χ0n) is 16.0. The van der Waals surface area contributed by atoms with Crippen LogP contribution in [0.2, 0.25) is 0 Å².